The lowest BCUT2D eigenvalue weighted by atomic mass is 9.82. The molecule has 0 aliphatic heterocycles. The number of phenolic OH excluding ortho intramolecular Hbond substituents is 1. The Kier molecular flexibility index (Phi) is 6.29. The predicted octanol–water partition coefficient (Wildman–Crippen LogP) is 3.27. The number of halogens is 2. The number of aromatic hydroxyl groups is 1. The summed E-state index contributed by atoms with van der Waals surface area (Å²) in [6, 6.07) is 8.05. The minimum atomic E-state index is -0.422. The summed E-state index contributed by atoms with van der Waals surface area (Å²) in [4.78, 5) is 27.7. The van der Waals surface area contributed by atoms with Gasteiger partial charge in [0.1, 0.15) is 18.1 Å². The molecule has 0 radical (unpaired) electrons. The molecule has 1 aliphatic carbocycles. The maximum absolute atomic E-state index is 13.0. The van der Waals surface area contributed by atoms with Gasteiger partial charge in [-0.05, 0) is 26.2 Å². The van der Waals surface area contributed by atoms with Crippen LogP contribution in [0, 0.1) is 0 Å². The average Bonchev–Trinajstić information content (AvgIpc) is 2.59. The second-order valence-electron chi connectivity index (χ2n) is 6.12. The summed E-state index contributed by atoms with van der Waals surface area (Å²) >= 11 is 5.80. The van der Waals surface area contributed by atoms with Gasteiger partial charge in [-0.25, -0.2) is 0 Å². The summed E-state index contributed by atoms with van der Waals surface area (Å²) in [6.07, 6.45) is 0. The molecular formula is C19H19Cl2NO4. The quantitative estimate of drug-likeness (QED) is 0.671. The number of fused-ring (bicyclic) bond motifs is 2. The number of benzene rings is 2. The van der Waals surface area contributed by atoms with Gasteiger partial charge in [0, 0.05) is 23.2 Å². The second kappa shape index (κ2) is 8.08. The van der Waals surface area contributed by atoms with Crippen LogP contribution in [-0.2, 0) is 5.88 Å². The maximum atomic E-state index is 13.0. The topological polar surface area (TPSA) is 66.8 Å². The fourth-order valence-corrected chi connectivity index (χ4v) is 3.06. The minimum Gasteiger partial charge on any atom is -0.507 e. The van der Waals surface area contributed by atoms with E-state index in [1.165, 1.54) is 6.07 Å². The van der Waals surface area contributed by atoms with E-state index in [1.54, 1.807) is 24.3 Å². The molecule has 0 atom stereocenters. The Bertz CT molecular complexity index is 865. The number of carbonyl (C=O) groups excluding carboxylic acids is 2. The molecule has 0 aromatic heterocycles. The number of rotatable bonds is 5. The molecule has 5 nitrogen and oxygen atoms in total. The van der Waals surface area contributed by atoms with Gasteiger partial charge in [-0.2, -0.15) is 0 Å². The van der Waals surface area contributed by atoms with Crippen molar-refractivity contribution in [2.24, 2.45) is 0 Å². The molecule has 0 heterocycles. The lowest BCUT2D eigenvalue weighted by Crippen LogP contribution is -2.24. The van der Waals surface area contributed by atoms with Crippen LogP contribution in [0.25, 0.3) is 0 Å². The molecule has 7 heteroatoms. The van der Waals surface area contributed by atoms with E-state index in [-0.39, 0.29) is 52.1 Å². The Labute approximate surface area is 162 Å². The fraction of sp³-hybridized carbons (Fsp3) is 0.263. The zero-order chi connectivity index (χ0) is 18.1. The molecule has 0 bridgehead atoms. The van der Waals surface area contributed by atoms with Crippen molar-refractivity contribution < 1.29 is 19.4 Å². The Hall–Kier alpha value is -2.08. The number of hydrogen-bond donors (Lipinski definition) is 1. The summed E-state index contributed by atoms with van der Waals surface area (Å²) < 4.78 is 5.72. The number of carbonyl (C=O) groups is 2. The molecule has 0 spiro atoms. The normalized spacial score (nSPS) is 12.5. The number of ketones is 2. The summed E-state index contributed by atoms with van der Waals surface area (Å²) in [7, 11) is 3.83. The molecule has 1 N–H and O–H groups in total. The third-order valence-corrected chi connectivity index (χ3v) is 4.46. The van der Waals surface area contributed by atoms with Crippen molar-refractivity contribution in [2.45, 2.75) is 5.88 Å². The van der Waals surface area contributed by atoms with Gasteiger partial charge in [0.05, 0.1) is 17.0 Å². The largest absolute Gasteiger partial charge is 0.507 e. The van der Waals surface area contributed by atoms with Crippen LogP contribution >= 0.6 is 24.0 Å². The van der Waals surface area contributed by atoms with Crippen molar-refractivity contribution >= 4 is 35.6 Å². The van der Waals surface area contributed by atoms with Gasteiger partial charge in [0.15, 0.2) is 5.78 Å². The monoisotopic (exact) mass is 395 g/mol. The summed E-state index contributed by atoms with van der Waals surface area (Å²) in [5.41, 5.74) is 1.09. The van der Waals surface area contributed by atoms with Gasteiger partial charge >= 0.3 is 0 Å². The van der Waals surface area contributed by atoms with Crippen molar-refractivity contribution in [1.82, 2.24) is 4.90 Å². The zero-order valence-electron chi connectivity index (χ0n) is 14.4. The lowest BCUT2D eigenvalue weighted by molar-refractivity contribution is 0.0972. The van der Waals surface area contributed by atoms with Crippen molar-refractivity contribution in [2.75, 3.05) is 27.2 Å². The molecule has 138 valence electrons. The highest BCUT2D eigenvalue weighted by atomic mass is 35.5. The first-order valence-corrected chi connectivity index (χ1v) is 8.40. The highest BCUT2D eigenvalue weighted by Gasteiger charge is 2.35. The summed E-state index contributed by atoms with van der Waals surface area (Å²) in [5, 5.41) is 10.4. The molecule has 0 amide bonds. The number of hydrogen-bond acceptors (Lipinski definition) is 5. The van der Waals surface area contributed by atoms with E-state index in [2.05, 4.69) is 0 Å². The Morgan fingerprint density at radius 1 is 1.04 bits per heavy atom. The van der Waals surface area contributed by atoms with E-state index in [1.807, 2.05) is 19.0 Å². The summed E-state index contributed by atoms with van der Waals surface area (Å²) in [6.45, 7) is 1.05. The van der Waals surface area contributed by atoms with E-state index in [9.17, 15) is 14.7 Å². The lowest BCUT2D eigenvalue weighted by Gasteiger charge is -2.22. The molecule has 0 fully saturated rings. The van der Waals surface area contributed by atoms with Crippen LogP contribution in [0.2, 0.25) is 0 Å². The van der Waals surface area contributed by atoms with E-state index in [0.717, 1.165) is 0 Å². The number of alkyl halides is 1. The average molecular weight is 396 g/mol. The molecule has 0 unspecified atom stereocenters. The standard InChI is InChI=1S/C19H18ClNO4.ClH/c1-21(2)8-9-25-14-5-3-4-12-15(14)19(24)16-13(18(12)23)7-6-11(10-20)17(16)22;/h3-7,22H,8-10H2,1-2H3;1H. The molecule has 26 heavy (non-hydrogen) atoms. The summed E-state index contributed by atoms with van der Waals surface area (Å²) in [5.74, 6) is -0.568. The molecular weight excluding hydrogens is 377 g/mol. The Balaban J connectivity index is 0.00000243. The highest BCUT2D eigenvalue weighted by Crippen LogP contribution is 2.38. The van der Waals surface area contributed by atoms with Gasteiger partial charge in [0.25, 0.3) is 0 Å². The van der Waals surface area contributed by atoms with Crippen LogP contribution in [0.3, 0.4) is 0 Å². The van der Waals surface area contributed by atoms with E-state index in [0.29, 0.717) is 24.5 Å². The first kappa shape index (κ1) is 20.2. The molecule has 1 aliphatic rings. The second-order valence-corrected chi connectivity index (χ2v) is 6.39. The fourth-order valence-electron chi connectivity index (χ4n) is 2.84. The van der Waals surface area contributed by atoms with Crippen LogP contribution in [-0.4, -0.2) is 48.8 Å². The van der Waals surface area contributed by atoms with Crippen molar-refractivity contribution in [3.8, 4) is 11.5 Å². The van der Waals surface area contributed by atoms with E-state index >= 15 is 0 Å². The van der Waals surface area contributed by atoms with Gasteiger partial charge in [-0.3, -0.25) is 9.59 Å². The van der Waals surface area contributed by atoms with Crippen molar-refractivity contribution in [3.63, 3.8) is 0 Å². The van der Waals surface area contributed by atoms with Gasteiger partial charge < -0.3 is 14.7 Å². The molecule has 0 saturated carbocycles. The van der Waals surface area contributed by atoms with Gasteiger partial charge in [-0.15, -0.1) is 24.0 Å². The van der Waals surface area contributed by atoms with Crippen LogP contribution < -0.4 is 4.74 Å². The molecule has 0 saturated heterocycles. The third kappa shape index (κ3) is 3.43. The predicted molar refractivity (Wildman–Crippen MR) is 102 cm³/mol. The van der Waals surface area contributed by atoms with E-state index < -0.39 is 5.78 Å². The van der Waals surface area contributed by atoms with Crippen LogP contribution in [0.5, 0.6) is 11.5 Å². The van der Waals surface area contributed by atoms with Gasteiger partial charge in [0.2, 0.25) is 5.78 Å². The minimum absolute atomic E-state index is 0. The van der Waals surface area contributed by atoms with Crippen molar-refractivity contribution in [3.05, 3.63) is 58.1 Å². The number of likely N-dealkylation sites (N-methyl/N-ethyl adjacent to an activating group) is 1. The van der Waals surface area contributed by atoms with Crippen molar-refractivity contribution in [1.29, 1.82) is 0 Å². The number of ether oxygens (including phenoxy) is 1. The first-order chi connectivity index (χ1) is 12.0. The van der Waals surface area contributed by atoms with E-state index in [4.69, 9.17) is 16.3 Å². The SMILES string of the molecule is CN(C)CCOc1cccc2c1C(=O)c1c(ccc(CCl)c1O)C2=O.Cl. The van der Waals surface area contributed by atoms with Crippen LogP contribution in [0.1, 0.15) is 37.4 Å². The Morgan fingerprint density at radius 2 is 1.73 bits per heavy atom. The molecule has 2 aromatic rings. The number of nitrogens with zero attached hydrogens (tertiary/aromatic N) is 1. The third-order valence-electron chi connectivity index (χ3n) is 4.17. The highest BCUT2D eigenvalue weighted by molar-refractivity contribution is 6.30. The smallest absolute Gasteiger partial charge is 0.201 e. The van der Waals surface area contributed by atoms with Crippen LogP contribution in [0.4, 0.5) is 0 Å². The Morgan fingerprint density at radius 3 is 2.38 bits per heavy atom. The van der Waals surface area contributed by atoms with Gasteiger partial charge in [-0.1, -0.05) is 18.2 Å². The first-order valence-electron chi connectivity index (χ1n) is 7.86. The molecule has 3 rings (SSSR count). The zero-order valence-corrected chi connectivity index (χ0v) is 16.0. The van der Waals surface area contributed by atoms with Crippen LogP contribution in [0.15, 0.2) is 30.3 Å². The number of phenols is 1. The maximum Gasteiger partial charge on any atom is 0.201 e. The molecule has 2 aromatic carbocycles.